The maximum Gasteiger partial charge on any atom is 0.410 e. The molecule has 0 aliphatic carbocycles. The highest BCUT2D eigenvalue weighted by atomic mass is 79.9. The summed E-state index contributed by atoms with van der Waals surface area (Å²) in [6.45, 7) is 7.19. The second-order valence-electron chi connectivity index (χ2n) is 10.3. The molecule has 4 rings (SSSR count). The fourth-order valence-electron chi connectivity index (χ4n) is 4.19. The molecule has 38 heavy (non-hydrogen) atoms. The smallest absolute Gasteiger partial charge is 0.410 e. The summed E-state index contributed by atoms with van der Waals surface area (Å²) >= 11 is 9.74. The van der Waals surface area contributed by atoms with E-state index in [2.05, 4.69) is 21.2 Å². The molecule has 2 aliphatic rings. The summed E-state index contributed by atoms with van der Waals surface area (Å²) < 4.78 is 17.3. The van der Waals surface area contributed by atoms with Crippen LogP contribution in [-0.4, -0.2) is 60.9 Å². The Hall–Kier alpha value is -2.98. The molecule has 0 bridgehead atoms. The normalized spacial score (nSPS) is 17.3. The van der Waals surface area contributed by atoms with Gasteiger partial charge in [0, 0.05) is 43.0 Å². The van der Waals surface area contributed by atoms with Gasteiger partial charge >= 0.3 is 12.2 Å². The Bertz CT molecular complexity index is 1180. The number of amides is 3. The van der Waals surface area contributed by atoms with E-state index in [0.29, 0.717) is 40.6 Å². The van der Waals surface area contributed by atoms with Crippen molar-refractivity contribution in [1.29, 1.82) is 0 Å². The minimum atomic E-state index is -0.799. The summed E-state index contributed by atoms with van der Waals surface area (Å²) in [5, 5.41) is 3.13. The van der Waals surface area contributed by atoms with Gasteiger partial charge in [0.15, 0.2) is 6.10 Å². The van der Waals surface area contributed by atoms with E-state index in [-0.39, 0.29) is 37.5 Å². The first-order valence-corrected chi connectivity index (χ1v) is 13.6. The lowest BCUT2D eigenvalue weighted by Gasteiger charge is -2.43. The number of rotatable bonds is 7. The van der Waals surface area contributed by atoms with Crippen LogP contribution in [0.1, 0.15) is 32.8 Å². The zero-order chi connectivity index (χ0) is 27.4. The second-order valence-corrected chi connectivity index (χ2v) is 11.6. The first-order valence-electron chi connectivity index (χ1n) is 12.4. The van der Waals surface area contributed by atoms with Crippen LogP contribution in [-0.2, 0) is 20.9 Å². The molecule has 11 heteroatoms. The number of anilines is 1. The summed E-state index contributed by atoms with van der Waals surface area (Å²) in [6.07, 6.45) is -1.48. The van der Waals surface area contributed by atoms with Gasteiger partial charge in [-0.1, -0.05) is 41.9 Å². The van der Waals surface area contributed by atoms with E-state index in [4.69, 9.17) is 25.8 Å². The Morgan fingerprint density at radius 2 is 1.89 bits per heavy atom. The molecule has 1 atom stereocenters. The average Bonchev–Trinajstić information content (AvgIpc) is 2.82. The third-order valence-electron chi connectivity index (χ3n) is 6.04. The number of nitrogens with zero attached hydrogens (tertiary/aromatic N) is 2. The predicted octanol–water partition coefficient (Wildman–Crippen LogP) is 5.38. The monoisotopic (exact) mass is 607 g/mol. The maximum atomic E-state index is 13.4. The van der Waals surface area contributed by atoms with Gasteiger partial charge in [0.25, 0.3) is 5.91 Å². The van der Waals surface area contributed by atoms with Crippen LogP contribution < -0.4 is 15.0 Å². The summed E-state index contributed by atoms with van der Waals surface area (Å²) in [7, 11) is 0. The first kappa shape index (κ1) is 28.0. The van der Waals surface area contributed by atoms with Crippen molar-refractivity contribution in [3.8, 4) is 5.75 Å². The number of hydrogen-bond acceptors (Lipinski definition) is 6. The summed E-state index contributed by atoms with van der Waals surface area (Å²) in [5.41, 5.74) is 0.886. The third-order valence-corrected chi connectivity index (χ3v) is 7.24. The fourth-order valence-corrected chi connectivity index (χ4v) is 4.67. The largest absolute Gasteiger partial charge is 0.478 e. The molecule has 2 aromatic carbocycles. The number of carbonyl (C=O) groups excluding carboxylic acids is 3. The quantitative estimate of drug-likeness (QED) is 0.453. The summed E-state index contributed by atoms with van der Waals surface area (Å²) in [5.74, 6) is 0.360. The molecule has 2 aromatic rings. The standard InChI is InChI=1S/C27H31BrClN3O6/c1-27(2,3)38-26(35)31-13-18(14-31)15-32-21-12-20(29)19(28)11-23(21)37-22(24(32)33)9-10-30-25(34)36-16-17-7-5-4-6-8-17/h4-8,11-12,18,22H,9-10,13-16H2,1-3H3,(H,30,34)/t22-/m1/s1. The van der Waals surface area contributed by atoms with Gasteiger partial charge in [0.2, 0.25) is 0 Å². The zero-order valence-electron chi connectivity index (χ0n) is 21.5. The first-order chi connectivity index (χ1) is 18.0. The van der Waals surface area contributed by atoms with Gasteiger partial charge in [-0.2, -0.15) is 0 Å². The molecule has 2 heterocycles. The maximum absolute atomic E-state index is 13.4. The number of hydrogen-bond donors (Lipinski definition) is 1. The van der Waals surface area contributed by atoms with Crippen LogP contribution in [0.5, 0.6) is 5.75 Å². The number of alkyl carbamates (subject to hydrolysis) is 1. The van der Waals surface area contributed by atoms with Crippen LogP contribution in [0.25, 0.3) is 0 Å². The van der Waals surface area contributed by atoms with Crippen molar-refractivity contribution in [2.75, 3.05) is 31.1 Å². The van der Waals surface area contributed by atoms with Gasteiger partial charge in [-0.05, 0) is 54.4 Å². The second kappa shape index (κ2) is 11.8. The van der Waals surface area contributed by atoms with Gasteiger partial charge in [-0.15, -0.1) is 0 Å². The van der Waals surface area contributed by atoms with E-state index < -0.39 is 17.8 Å². The van der Waals surface area contributed by atoms with Gasteiger partial charge in [0.05, 0.1) is 10.7 Å². The van der Waals surface area contributed by atoms with Crippen molar-refractivity contribution in [3.63, 3.8) is 0 Å². The number of halogens is 2. The van der Waals surface area contributed by atoms with E-state index in [1.165, 1.54) is 0 Å². The molecule has 1 fully saturated rings. The van der Waals surface area contributed by atoms with Crippen molar-refractivity contribution in [2.24, 2.45) is 5.92 Å². The van der Waals surface area contributed by atoms with E-state index in [9.17, 15) is 14.4 Å². The van der Waals surface area contributed by atoms with Crippen LogP contribution >= 0.6 is 27.5 Å². The van der Waals surface area contributed by atoms with Gasteiger partial charge in [-0.3, -0.25) is 4.79 Å². The van der Waals surface area contributed by atoms with Crippen LogP contribution in [0.2, 0.25) is 5.02 Å². The molecule has 1 saturated heterocycles. The number of ether oxygens (including phenoxy) is 3. The van der Waals surface area contributed by atoms with Crippen LogP contribution in [0.4, 0.5) is 15.3 Å². The van der Waals surface area contributed by atoms with Crippen LogP contribution in [0, 0.1) is 5.92 Å². The Balaban J connectivity index is 1.35. The molecule has 1 N–H and O–H groups in total. The highest BCUT2D eigenvalue weighted by molar-refractivity contribution is 9.10. The molecular formula is C27H31BrClN3O6. The Labute approximate surface area is 235 Å². The van der Waals surface area contributed by atoms with Crippen LogP contribution in [0.15, 0.2) is 46.9 Å². The molecule has 0 unspecified atom stereocenters. The Kier molecular flexibility index (Phi) is 8.72. The van der Waals surface area contributed by atoms with E-state index in [1.807, 2.05) is 51.1 Å². The number of likely N-dealkylation sites (tertiary alicyclic amines) is 1. The summed E-state index contributed by atoms with van der Waals surface area (Å²) in [6, 6.07) is 12.8. The number of nitrogens with one attached hydrogen (secondary N) is 1. The zero-order valence-corrected chi connectivity index (χ0v) is 23.9. The van der Waals surface area contributed by atoms with E-state index >= 15 is 0 Å². The minimum Gasteiger partial charge on any atom is -0.478 e. The summed E-state index contributed by atoms with van der Waals surface area (Å²) in [4.78, 5) is 41.2. The highest BCUT2D eigenvalue weighted by Crippen LogP contribution is 2.41. The number of carbonyl (C=O) groups is 3. The van der Waals surface area contributed by atoms with Crippen molar-refractivity contribution >= 4 is 51.3 Å². The van der Waals surface area contributed by atoms with Gasteiger partial charge < -0.3 is 29.3 Å². The fraction of sp³-hybridized carbons (Fsp3) is 0.444. The Morgan fingerprint density at radius 1 is 1.18 bits per heavy atom. The number of fused-ring (bicyclic) bond motifs is 1. The van der Waals surface area contributed by atoms with Crippen LogP contribution in [0.3, 0.4) is 0 Å². The molecule has 9 nitrogen and oxygen atoms in total. The Morgan fingerprint density at radius 3 is 2.58 bits per heavy atom. The highest BCUT2D eigenvalue weighted by Gasteiger charge is 2.40. The topological polar surface area (TPSA) is 97.4 Å². The van der Waals surface area contributed by atoms with E-state index in [0.717, 1.165) is 5.56 Å². The van der Waals surface area contributed by atoms with Crippen molar-refractivity contribution in [1.82, 2.24) is 10.2 Å². The predicted molar refractivity (Wildman–Crippen MR) is 146 cm³/mol. The van der Waals surface area contributed by atoms with Gasteiger partial charge in [0.1, 0.15) is 18.0 Å². The lowest BCUT2D eigenvalue weighted by Crippen LogP contribution is -2.57. The molecule has 3 amide bonds. The lowest BCUT2D eigenvalue weighted by atomic mass is 9.98. The third kappa shape index (κ3) is 7.11. The molecule has 0 aromatic heterocycles. The molecule has 204 valence electrons. The molecule has 0 saturated carbocycles. The lowest BCUT2D eigenvalue weighted by molar-refractivity contribution is -0.126. The molecular weight excluding hydrogens is 578 g/mol. The van der Waals surface area contributed by atoms with Crippen molar-refractivity contribution in [2.45, 2.75) is 45.5 Å². The van der Waals surface area contributed by atoms with Gasteiger partial charge in [-0.25, -0.2) is 9.59 Å². The van der Waals surface area contributed by atoms with Crippen molar-refractivity contribution < 1.29 is 28.6 Å². The SMILES string of the molecule is CC(C)(C)OC(=O)N1CC(CN2C(=O)[C@@H](CCNC(=O)OCc3ccccc3)Oc3cc(Br)c(Cl)cc32)C1. The number of benzene rings is 2. The van der Waals surface area contributed by atoms with E-state index in [1.54, 1.807) is 21.9 Å². The molecule has 2 aliphatic heterocycles. The average molecular weight is 609 g/mol. The molecule has 0 radical (unpaired) electrons. The minimum absolute atomic E-state index is 0.0755. The van der Waals surface area contributed by atoms with Crippen molar-refractivity contribution in [3.05, 3.63) is 57.5 Å². The molecule has 0 spiro atoms.